The summed E-state index contributed by atoms with van der Waals surface area (Å²) < 4.78 is 6.07. The molecule has 1 saturated heterocycles. The van der Waals surface area contributed by atoms with E-state index in [1.165, 1.54) is 19.4 Å². The summed E-state index contributed by atoms with van der Waals surface area (Å²) in [5.41, 5.74) is 0. The summed E-state index contributed by atoms with van der Waals surface area (Å²) in [5, 5.41) is 3.37. The second-order valence-electron chi connectivity index (χ2n) is 5.51. The van der Waals surface area contributed by atoms with Gasteiger partial charge in [0, 0.05) is 19.6 Å². The second-order valence-corrected chi connectivity index (χ2v) is 5.51. The molecule has 0 saturated carbocycles. The molecule has 1 heterocycles. The lowest BCUT2D eigenvalue weighted by Gasteiger charge is -2.25. The summed E-state index contributed by atoms with van der Waals surface area (Å²) in [7, 11) is 0. The fourth-order valence-electron chi connectivity index (χ4n) is 2.51. The van der Waals surface area contributed by atoms with Crippen LogP contribution in [0.3, 0.4) is 0 Å². The maximum Gasteiger partial charge on any atom is 0.0707 e. The molecule has 2 atom stereocenters. The van der Waals surface area contributed by atoms with Crippen LogP contribution in [0.2, 0.25) is 0 Å². The Balaban J connectivity index is 2.23. The molecule has 0 aromatic rings. The Morgan fingerprint density at radius 2 is 1.94 bits per heavy atom. The van der Waals surface area contributed by atoms with Crippen LogP contribution in [0.1, 0.15) is 40.5 Å². The predicted molar refractivity (Wildman–Crippen MR) is 73.4 cm³/mol. The quantitative estimate of drug-likeness (QED) is 0.705. The van der Waals surface area contributed by atoms with Crippen molar-refractivity contribution in [2.24, 2.45) is 5.92 Å². The number of hydrogen-bond acceptors (Lipinski definition) is 3. The Morgan fingerprint density at radius 1 is 1.24 bits per heavy atom. The van der Waals surface area contributed by atoms with Crippen LogP contribution in [-0.2, 0) is 4.74 Å². The molecule has 17 heavy (non-hydrogen) atoms. The fraction of sp³-hybridized carbons (Fsp3) is 1.00. The Morgan fingerprint density at radius 3 is 2.53 bits per heavy atom. The summed E-state index contributed by atoms with van der Waals surface area (Å²) in [4.78, 5) is 2.52. The third-order valence-corrected chi connectivity index (χ3v) is 3.35. The van der Waals surface area contributed by atoms with Gasteiger partial charge in [-0.1, -0.05) is 27.7 Å². The van der Waals surface area contributed by atoms with Crippen molar-refractivity contribution in [1.82, 2.24) is 10.2 Å². The molecular weight excluding hydrogens is 212 g/mol. The van der Waals surface area contributed by atoms with Gasteiger partial charge in [0.1, 0.15) is 0 Å². The molecule has 3 heteroatoms. The summed E-state index contributed by atoms with van der Waals surface area (Å²) in [6.07, 6.45) is 3.34. The summed E-state index contributed by atoms with van der Waals surface area (Å²) in [6.45, 7) is 14.4. The van der Waals surface area contributed by atoms with Gasteiger partial charge < -0.3 is 15.0 Å². The SMILES string of the molecule is CCNCC1CCC(CN(CC)CC(C)C)O1. The lowest BCUT2D eigenvalue weighted by Crippen LogP contribution is -2.36. The van der Waals surface area contributed by atoms with Gasteiger partial charge >= 0.3 is 0 Å². The van der Waals surface area contributed by atoms with Crippen molar-refractivity contribution in [1.29, 1.82) is 0 Å². The average Bonchev–Trinajstić information content (AvgIpc) is 2.72. The minimum absolute atomic E-state index is 0.442. The lowest BCUT2D eigenvalue weighted by molar-refractivity contribution is 0.0226. The number of ether oxygens (including phenoxy) is 1. The van der Waals surface area contributed by atoms with E-state index in [0.29, 0.717) is 12.2 Å². The molecule has 0 radical (unpaired) electrons. The lowest BCUT2D eigenvalue weighted by atomic mass is 10.1. The van der Waals surface area contributed by atoms with Crippen molar-refractivity contribution < 1.29 is 4.74 Å². The van der Waals surface area contributed by atoms with Crippen LogP contribution in [0.25, 0.3) is 0 Å². The van der Waals surface area contributed by atoms with Gasteiger partial charge in [0.2, 0.25) is 0 Å². The molecule has 1 aliphatic heterocycles. The number of nitrogens with one attached hydrogen (secondary N) is 1. The van der Waals surface area contributed by atoms with Crippen molar-refractivity contribution in [3.05, 3.63) is 0 Å². The van der Waals surface area contributed by atoms with Crippen LogP contribution in [0, 0.1) is 5.92 Å². The van der Waals surface area contributed by atoms with E-state index < -0.39 is 0 Å². The van der Waals surface area contributed by atoms with Gasteiger partial charge in [0.05, 0.1) is 12.2 Å². The zero-order valence-electron chi connectivity index (χ0n) is 12.0. The Hall–Kier alpha value is -0.120. The van der Waals surface area contributed by atoms with E-state index in [0.717, 1.165) is 32.1 Å². The van der Waals surface area contributed by atoms with Gasteiger partial charge in [-0.05, 0) is 31.8 Å². The highest BCUT2D eigenvalue weighted by Crippen LogP contribution is 2.20. The molecule has 0 aromatic carbocycles. The van der Waals surface area contributed by atoms with E-state index in [1.807, 2.05) is 0 Å². The molecule has 2 unspecified atom stereocenters. The molecule has 0 bridgehead atoms. The standard InChI is InChI=1S/C14H30N2O/c1-5-15-9-13-7-8-14(17-13)11-16(6-2)10-12(3)4/h12-15H,5-11H2,1-4H3. The number of nitrogens with zero attached hydrogens (tertiary/aromatic N) is 1. The highest BCUT2D eigenvalue weighted by molar-refractivity contribution is 4.78. The molecule has 0 amide bonds. The third-order valence-electron chi connectivity index (χ3n) is 3.35. The first kappa shape index (κ1) is 14.9. The Kier molecular flexibility index (Phi) is 7.09. The van der Waals surface area contributed by atoms with Gasteiger partial charge in [-0.3, -0.25) is 0 Å². The van der Waals surface area contributed by atoms with E-state index in [4.69, 9.17) is 4.74 Å². The molecule has 0 aliphatic carbocycles. The van der Waals surface area contributed by atoms with Crippen LogP contribution in [0.5, 0.6) is 0 Å². The highest BCUT2D eigenvalue weighted by Gasteiger charge is 2.26. The maximum absolute atomic E-state index is 6.07. The molecular formula is C14H30N2O. The molecule has 1 rings (SSSR count). The third kappa shape index (κ3) is 5.84. The first-order valence-electron chi connectivity index (χ1n) is 7.24. The zero-order valence-corrected chi connectivity index (χ0v) is 12.0. The molecule has 0 spiro atoms. The van der Waals surface area contributed by atoms with E-state index in [1.54, 1.807) is 0 Å². The largest absolute Gasteiger partial charge is 0.372 e. The van der Waals surface area contributed by atoms with Crippen LogP contribution in [-0.4, -0.2) is 49.8 Å². The molecule has 0 aromatic heterocycles. The van der Waals surface area contributed by atoms with Crippen molar-refractivity contribution >= 4 is 0 Å². The topological polar surface area (TPSA) is 24.5 Å². The van der Waals surface area contributed by atoms with Crippen molar-refractivity contribution in [2.75, 3.05) is 32.7 Å². The number of hydrogen-bond donors (Lipinski definition) is 1. The van der Waals surface area contributed by atoms with Gasteiger partial charge in [-0.25, -0.2) is 0 Å². The second kappa shape index (κ2) is 8.06. The highest BCUT2D eigenvalue weighted by atomic mass is 16.5. The molecule has 1 fully saturated rings. The van der Waals surface area contributed by atoms with E-state index >= 15 is 0 Å². The Bertz CT molecular complexity index is 197. The molecule has 3 nitrogen and oxygen atoms in total. The van der Waals surface area contributed by atoms with Crippen LogP contribution in [0.4, 0.5) is 0 Å². The fourth-order valence-corrected chi connectivity index (χ4v) is 2.51. The normalized spacial score (nSPS) is 25.1. The minimum Gasteiger partial charge on any atom is -0.372 e. The smallest absolute Gasteiger partial charge is 0.0707 e. The first-order valence-corrected chi connectivity index (χ1v) is 7.24. The number of likely N-dealkylation sites (N-methyl/N-ethyl adjacent to an activating group) is 2. The van der Waals surface area contributed by atoms with Gasteiger partial charge in [-0.2, -0.15) is 0 Å². The monoisotopic (exact) mass is 242 g/mol. The van der Waals surface area contributed by atoms with Crippen molar-refractivity contribution in [2.45, 2.75) is 52.7 Å². The predicted octanol–water partition coefficient (Wildman–Crippen LogP) is 2.12. The molecule has 1 aliphatic rings. The van der Waals surface area contributed by atoms with Crippen molar-refractivity contribution in [3.8, 4) is 0 Å². The Labute approximate surface area is 107 Å². The van der Waals surface area contributed by atoms with Gasteiger partial charge in [0.25, 0.3) is 0 Å². The van der Waals surface area contributed by atoms with Gasteiger partial charge in [-0.15, -0.1) is 0 Å². The first-order chi connectivity index (χ1) is 8.15. The van der Waals surface area contributed by atoms with E-state index in [2.05, 4.69) is 37.9 Å². The molecule has 102 valence electrons. The van der Waals surface area contributed by atoms with Crippen LogP contribution < -0.4 is 5.32 Å². The maximum atomic E-state index is 6.07. The summed E-state index contributed by atoms with van der Waals surface area (Å²) in [5.74, 6) is 0.744. The average molecular weight is 242 g/mol. The van der Waals surface area contributed by atoms with Crippen LogP contribution >= 0.6 is 0 Å². The zero-order chi connectivity index (χ0) is 12.7. The summed E-state index contributed by atoms with van der Waals surface area (Å²) in [6, 6.07) is 0. The molecule has 1 N–H and O–H groups in total. The van der Waals surface area contributed by atoms with Crippen molar-refractivity contribution in [3.63, 3.8) is 0 Å². The minimum atomic E-state index is 0.442. The summed E-state index contributed by atoms with van der Waals surface area (Å²) >= 11 is 0. The van der Waals surface area contributed by atoms with E-state index in [-0.39, 0.29) is 0 Å². The van der Waals surface area contributed by atoms with E-state index in [9.17, 15) is 0 Å². The van der Waals surface area contributed by atoms with Crippen LogP contribution in [0.15, 0.2) is 0 Å². The van der Waals surface area contributed by atoms with Gasteiger partial charge in [0.15, 0.2) is 0 Å². The number of rotatable bonds is 8.